The van der Waals surface area contributed by atoms with Crippen molar-refractivity contribution in [3.05, 3.63) is 5.01 Å². The van der Waals surface area contributed by atoms with Gasteiger partial charge in [-0.1, -0.05) is 23.1 Å². The van der Waals surface area contributed by atoms with E-state index in [9.17, 15) is 13.2 Å². The van der Waals surface area contributed by atoms with Crippen LogP contribution in [-0.2, 0) is 14.6 Å². The Balaban J connectivity index is 1.86. The largest absolute Gasteiger partial charge is 0.351 e. The lowest BCUT2D eigenvalue weighted by Crippen LogP contribution is -2.39. The van der Waals surface area contributed by atoms with Crippen LogP contribution in [0.4, 0.5) is 0 Å². The van der Waals surface area contributed by atoms with Gasteiger partial charge in [0.25, 0.3) is 0 Å². The van der Waals surface area contributed by atoms with E-state index in [1.165, 1.54) is 23.1 Å². The average Bonchev–Trinajstić information content (AvgIpc) is 2.85. The van der Waals surface area contributed by atoms with Gasteiger partial charge >= 0.3 is 0 Å². The second-order valence-electron chi connectivity index (χ2n) is 4.46. The molecule has 0 radical (unpaired) electrons. The number of amides is 1. The summed E-state index contributed by atoms with van der Waals surface area (Å²) >= 11 is 2.78. The molecule has 1 aliphatic rings. The lowest BCUT2D eigenvalue weighted by Gasteiger charge is -2.14. The van der Waals surface area contributed by atoms with E-state index in [1.807, 2.05) is 6.92 Å². The summed E-state index contributed by atoms with van der Waals surface area (Å²) < 4.78 is 23.4. The van der Waals surface area contributed by atoms with E-state index in [0.717, 1.165) is 9.35 Å². The predicted octanol–water partition coefficient (Wildman–Crippen LogP) is 0.630. The maximum absolute atomic E-state index is 12.0. The van der Waals surface area contributed by atoms with Gasteiger partial charge in [-0.25, -0.2) is 8.42 Å². The van der Waals surface area contributed by atoms with Crippen molar-refractivity contribution in [2.75, 3.05) is 11.5 Å². The molecule has 1 saturated heterocycles. The van der Waals surface area contributed by atoms with Crippen LogP contribution in [0.1, 0.15) is 18.4 Å². The maximum Gasteiger partial charge on any atom is 0.233 e. The molecule has 2 heterocycles. The van der Waals surface area contributed by atoms with E-state index in [2.05, 4.69) is 15.5 Å². The lowest BCUT2D eigenvalue weighted by atomic mass is 10.2. The molecule has 1 aromatic rings. The molecule has 1 fully saturated rings. The third-order valence-electron chi connectivity index (χ3n) is 2.73. The second-order valence-corrected chi connectivity index (χ2v) is 9.45. The highest BCUT2D eigenvalue weighted by Gasteiger charge is 2.30. The lowest BCUT2D eigenvalue weighted by molar-refractivity contribution is -0.120. The number of nitrogens with one attached hydrogen (secondary N) is 1. The monoisotopic (exact) mass is 321 g/mol. The van der Waals surface area contributed by atoms with Crippen molar-refractivity contribution in [1.82, 2.24) is 15.5 Å². The molecule has 1 aliphatic heterocycles. The number of rotatable bonds is 4. The van der Waals surface area contributed by atoms with Gasteiger partial charge in [-0.05, 0) is 20.3 Å². The summed E-state index contributed by atoms with van der Waals surface area (Å²) in [4.78, 5) is 12.0. The molecule has 2 atom stereocenters. The molecule has 106 valence electrons. The Hall–Kier alpha value is -0.670. The molecular weight excluding hydrogens is 306 g/mol. The molecule has 0 aromatic carbocycles. The van der Waals surface area contributed by atoms with Gasteiger partial charge in [-0.15, -0.1) is 10.2 Å². The van der Waals surface area contributed by atoms with Crippen LogP contribution in [-0.4, -0.2) is 47.3 Å². The number of aryl methyl sites for hydroxylation is 1. The summed E-state index contributed by atoms with van der Waals surface area (Å²) in [6.45, 7) is 3.63. The summed E-state index contributed by atoms with van der Waals surface area (Å²) in [7, 11) is -2.96. The van der Waals surface area contributed by atoms with Gasteiger partial charge < -0.3 is 5.32 Å². The minimum Gasteiger partial charge on any atom is -0.351 e. The number of carbonyl (C=O) groups is 1. The van der Waals surface area contributed by atoms with Crippen LogP contribution in [0.15, 0.2) is 4.34 Å². The SMILES string of the molecule is Cc1nnc(S[C@H](C)C(=O)N[C@H]2CCS(=O)(=O)C2)s1. The van der Waals surface area contributed by atoms with E-state index >= 15 is 0 Å². The molecule has 0 spiro atoms. The molecule has 0 bridgehead atoms. The molecule has 6 nitrogen and oxygen atoms in total. The van der Waals surface area contributed by atoms with Gasteiger partial charge in [0.2, 0.25) is 5.91 Å². The molecule has 19 heavy (non-hydrogen) atoms. The Kier molecular flexibility index (Phi) is 4.46. The highest BCUT2D eigenvalue weighted by molar-refractivity contribution is 8.02. The quantitative estimate of drug-likeness (QED) is 0.818. The highest BCUT2D eigenvalue weighted by atomic mass is 32.2. The van der Waals surface area contributed by atoms with Crippen LogP contribution in [0.2, 0.25) is 0 Å². The first-order valence-electron chi connectivity index (χ1n) is 5.83. The van der Waals surface area contributed by atoms with Gasteiger partial charge in [0.1, 0.15) is 5.01 Å². The van der Waals surface area contributed by atoms with Crippen molar-refractivity contribution < 1.29 is 13.2 Å². The Morgan fingerprint density at radius 1 is 1.53 bits per heavy atom. The fraction of sp³-hybridized carbons (Fsp3) is 0.700. The van der Waals surface area contributed by atoms with Crippen molar-refractivity contribution in [1.29, 1.82) is 0 Å². The zero-order valence-electron chi connectivity index (χ0n) is 10.6. The number of thioether (sulfide) groups is 1. The third-order valence-corrected chi connectivity index (χ3v) is 6.52. The van der Waals surface area contributed by atoms with Crippen molar-refractivity contribution in [3.8, 4) is 0 Å². The summed E-state index contributed by atoms with van der Waals surface area (Å²) in [6, 6.07) is -0.253. The van der Waals surface area contributed by atoms with Gasteiger partial charge in [-0.3, -0.25) is 4.79 Å². The second kappa shape index (κ2) is 5.76. The van der Waals surface area contributed by atoms with Gasteiger partial charge in [-0.2, -0.15) is 0 Å². The molecule has 9 heteroatoms. The maximum atomic E-state index is 12.0. The Morgan fingerprint density at radius 2 is 2.26 bits per heavy atom. The van der Waals surface area contributed by atoms with E-state index in [-0.39, 0.29) is 28.7 Å². The van der Waals surface area contributed by atoms with Crippen LogP contribution < -0.4 is 5.32 Å². The summed E-state index contributed by atoms with van der Waals surface area (Å²) in [5.74, 6) is 0.0586. The van der Waals surface area contributed by atoms with Crippen molar-refractivity contribution in [2.45, 2.75) is 35.9 Å². The van der Waals surface area contributed by atoms with Crippen LogP contribution in [0.3, 0.4) is 0 Å². The van der Waals surface area contributed by atoms with Crippen molar-refractivity contribution >= 4 is 38.8 Å². The summed E-state index contributed by atoms with van der Waals surface area (Å²) in [5, 5.41) is 11.2. The van der Waals surface area contributed by atoms with Crippen molar-refractivity contribution in [2.24, 2.45) is 0 Å². The smallest absolute Gasteiger partial charge is 0.233 e. The number of carbonyl (C=O) groups excluding carboxylic acids is 1. The Labute approximate surface area is 120 Å². The molecule has 0 aliphatic carbocycles. The number of hydrogen-bond donors (Lipinski definition) is 1. The normalized spacial score (nSPS) is 23.2. The number of sulfone groups is 1. The molecular formula is C10H15N3O3S3. The molecule has 2 rings (SSSR count). The van der Waals surface area contributed by atoms with Crippen LogP contribution in [0.5, 0.6) is 0 Å². The topological polar surface area (TPSA) is 89.0 Å². The van der Waals surface area contributed by atoms with Gasteiger partial charge in [0.05, 0.1) is 16.8 Å². The van der Waals surface area contributed by atoms with E-state index in [4.69, 9.17) is 0 Å². The van der Waals surface area contributed by atoms with Crippen LogP contribution >= 0.6 is 23.1 Å². The number of aromatic nitrogens is 2. The predicted molar refractivity (Wildman–Crippen MR) is 75.2 cm³/mol. The third kappa shape index (κ3) is 4.15. The van der Waals surface area contributed by atoms with E-state index in [1.54, 1.807) is 6.92 Å². The fourth-order valence-electron chi connectivity index (χ4n) is 1.76. The molecule has 0 saturated carbocycles. The first kappa shape index (κ1) is 14.7. The Bertz CT molecular complexity index is 570. The summed E-state index contributed by atoms with van der Waals surface area (Å²) in [6.07, 6.45) is 0.503. The van der Waals surface area contributed by atoms with Crippen LogP contribution in [0.25, 0.3) is 0 Å². The van der Waals surface area contributed by atoms with Gasteiger partial charge in [0.15, 0.2) is 14.2 Å². The molecule has 1 N–H and O–H groups in total. The average molecular weight is 321 g/mol. The minimum atomic E-state index is -2.96. The zero-order valence-corrected chi connectivity index (χ0v) is 13.1. The molecule has 1 aromatic heterocycles. The van der Waals surface area contributed by atoms with Crippen molar-refractivity contribution in [3.63, 3.8) is 0 Å². The first-order valence-corrected chi connectivity index (χ1v) is 9.35. The summed E-state index contributed by atoms with van der Waals surface area (Å²) in [5.41, 5.74) is 0. The number of nitrogens with zero attached hydrogens (tertiary/aromatic N) is 2. The zero-order chi connectivity index (χ0) is 14.0. The molecule has 1 amide bonds. The minimum absolute atomic E-state index is 0.0496. The highest BCUT2D eigenvalue weighted by Crippen LogP contribution is 2.26. The van der Waals surface area contributed by atoms with Crippen LogP contribution in [0, 0.1) is 6.92 Å². The van der Waals surface area contributed by atoms with E-state index in [0.29, 0.717) is 6.42 Å². The van der Waals surface area contributed by atoms with Gasteiger partial charge in [0, 0.05) is 6.04 Å². The standard InChI is InChI=1S/C10H15N3O3S3/c1-6(17-10-13-12-7(2)18-10)9(14)11-8-3-4-19(15,16)5-8/h6,8H,3-5H2,1-2H3,(H,11,14)/t6-,8+/m1/s1. The number of hydrogen-bond acceptors (Lipinski definition) is 7. The Morgan fingerprint density at radius 3 is 2.79 bits per heavy atom. The van der Waals surface area contributed by atoms with E-state index < -0.39 is 9.84 Å². The first-order chi connectivity index (χ1) is 8.85. The fourth-order valence-corrected chi connectivity index (χ4v) is 5.40. The molecule has 0 unspecified atom stereocenters.